The van der Waals surface area contributed by atoms with Gasteiger partial charge in [0.1, 0.15) is 9.77 Å². The molecule has 1 saturated heterocycles. The van der Waals surface area contributed by atoms with Gasteiger partial charge in [-0.2, -0.15) is 0 Å². The van der Waals surface area contributed by atoms with Crippen LogP contribution in [0, 0.1) is 5.92 Å². The van der Waals surface area contributed by atoms with Crippen molar-refractivity contribution >= 4 is 44.8 Å². The number of aromatic carboxylic acids is 1. The van der Waals surface area contributed by atoms with Crippen LogP contribution in [0.15, 0.2) is 11.0 Å². The molecule has 1 amide bonds. The Balaban J connectivity index is 2.17. The highest BCUT2D eigenvalue weighted by molar-refractivity contribution is 7.89. The zero-order valence-corrected chi connectivity index (χ0v) is 15.7. The van der Waals surface area contributed by atoms with Crippen LogP contribution in [0.5, 0.6) is 0 Å². The minimum Gasteiger partial charge on any atom is -0.477 e. The Morgan fingerprint density at radius 1 is 1.46 bits per heavy atom. The summed E-state index contributed by atoms with van der Waals surface area (Å²) in [5, 5.41) is 9.13. The van der Waals surface area contributed by atoms with E-state index in [0.29, 0.717) is 30.7 Å². The van der Waals surface area contributed by atoms with Crippen molar-refractivity contribution in [3.8, 4) is 0 Å². The third-order valence-electron chi connectivity index (χ3n) is 3.70. The van der Waals surface area contributed by atoms with Gasteiger partial charge < -0.3 is 10.0 Å². The van der Waals surface area contributed by atoms with Crippen LogP contribution in [-0.2, 0) is 14.8 Å². The summed E-state index contributed by atoms with van der Waals surface area (Å²) in [5.41, 5.74) is 0. The van der Waals surface area contributed by atoms with Gasteiger partial charge in [-0.25, -0.2) is 17.9 Å². The molecule has 0 spiro atoms. The number of amides is 1. The fourth-order valence-electron chi connectivity index (χ4n) is 2.62. The molecule has 1 aromatic rings. The molecule has 134 valence electrons. The predicted molar refractivity (Wildman–Crippen MR) is 91.0 cm³/mol. The third-order valence-corrected chi connectivity index (χ3v) is 6.63. The van der Waals surface area contributed by atoms with Gasteiger partial charge in [0.2, 0.25) is 15.9 Å². The van der Waals surface area contributed by atoms with Crippen LogP contribution >= 0.6 is 22.9 Å². The maximum absolute atomic E-state index is 12.5. The molecule has 0 unspecified atom stereocenters. The topological polar surface area (TPSA) is 104 Å². The average molecular weight is 395 g/mol. The molecule has 0 aromatic carbocycles. The van der Waals surface area contributed by atoms with Gasteiger partial charge in [0.15, 0.2) is 0 Å². The summed E-state index contributed by atoms with van der Waals surface area (Å²) >= 11 is 6.47. The van der Waals surface area contributed by atoms with Gasteiger partial charge in [0.05, 0.1) is 4.34 Å². The Labute approximate surface area is 149 Å². The molecule has 1 aliphatic rings. The lowest BCUT2D eigenvalue weighted by molar-refractivity contribution is -0.135. The second kappa shape index (κ2) is 7.38. The van der Waals surface area contributed by atoms with E-state index in [2.05, 4.69) is 4.72 Å². The van der Waals surface area contributed by atoms with Gasteiger partial charge >= 0.3 is 5.97 Å². The summed E-state index contributed by atoms with van der Waals surface area (Å²) in [7, 11) is -4.03. The molecule has 0 radical (unpaired) electrons. The first-order chi connectivity index (χ1) is 11.1. The monoisotopic (exact) mass is 394 g/mol. The van der Waals surface area contributed by atoms with E-state index in [-0.39, 0.29) is 32.5 Å². The highest BCUT2D eigenvalue weighted by atomic mass is 35.5. The van der Waals surface area contributed by atoms with Gasteiger partial charge in [-0.3, -0.25) is 4.79 Å². The Morgan fingerprint density at radius 3 is 2.71 bits per heavy atom. The van der Waals surface area contributed by atoms with Gasteiger partial charge in [-0.15, -0.1) is 11.3 Å². The molecular weight excluding hydrogens is 376 g/mol. The molecule has 2 heterocycles. The molecule has 10 heteroatoms. The van der Waals surface area contributed by atoms with Crippen molar-refractivity contribution in [3.63, 3.8) is 0 Å². The predicted octanol–water partition coefficient (Wildman–Crippen LogP) is 2.03. The number of halogens is 1. The highest BCUT2D eigenvalue weighted by Gasteiger charge is 2.31. The Morgan fingerprint density at radius 2 is 2.12 bits per heavy atom. The Kier molecular flexibility index (Phi) is 5.90. The summed E-state index contributed by atoms with van der Waals surface area (Å²) in [6.45, 7) is 4.46. The molecule has 24 heavy (non-hydrogen) atoms. The normalized spacial score (nSPS) is 18.8. The maximum atomic E-state index is 12.5. The zero-order chi connectivity index (χ0) is 18.1. The lowest BCUT2D eigenvalue weighted by atomic mass is 10.0. The average Bonchev–Trinajstić information content (AvgIpc) is 2.89. The zero-order valence-electron chi connectivity index (χ0n) is 13.3. The number of carboxylic acids is 1. The van der Waals surface area contributed by atoms with Crippen molar-refractivity contribution in [1.82, 2.24) is 9.62 Å². The quantitative estimate of drug-likeness (QED) is 0.795. The van der Waals surface area contributed by atoms with Crippen molar-refractivity contribution in [2.75, 3.05) is 13.1 Å². The third kappa shape index (κ3) is 4.27. The number of thiophene rings is 1. The van der Waals surface area contributed by atoms with Gasteiger partial charge in [-0.05, 0) is 18.9 Å². The number of carbonyl (C=O) groups is 2. The van der Waals surface area contributed by atoms with Crippen LogP contribution in [0.25, 0.3) is 0 Å². The SMILES string of the molecule is CC(C)C(=O)N1CCC[C@@H](NS(=O)(=O)c2cc(Cl)sc2C(=O)O)C1. The minimum absolute atomic E-state index is 0.0244. The molecule has 2 rings (SSSR count). The molecule has 7 nitrogen and oxygen atoms in total. The molecule has 0 aliphatic carbocycles. The van der Waals surface area contributed by atoms with E-state index in [1.807, 2.05) is 0 Å². The number of carbonyl (C=O) groups excluding carboxylic acids is 1. The first kappa shape index (κ1) is 19.2. The molecule has 0 bridgehead atoms. The number of hydrogen-bond donors (Lipinski definition) is 2. The molecule has 1 fully saturated rings. The van der Waals surface area contributed by atoms with E-state index < -0.39 is 22.0 Å². The van der Waals surface area contributed by atoms with Gasteiger partial charge in [-0.1, -0.05) is 25.4 Å². The van der Waals surface area contributed by atoms with Gasteiger partial charge in [0.25, 0.3) is 0 Å². The number of carboxylic acid groups (broad SMARTS) is 1. The molecule has 2 N–H and O–H groups in total. The largest absolute Gasteiger partial charge is 0.477 e. The minimum atomic E-state index is -4.03. The molecular formula is C14H19ClN2O5S2. The van der Waals surface area contributed by atoms with Crippen molar-refractivity contribution < 1.29 is 23.1 Å². The van der Waals surface area contributed by atoms with Gasteiger partial charge in [0, 0.05) is 25.0 Å². The summed E-state index contributed by atoms with van der Waals surface area (Å²) in [4.78, 5) is 24.3. The van der Waals surface area contributed by atoms with Crippen molar-refractivity contribution in [3.05, 3.63) is 15.3 Å². The lowest BCUT2D eigenvalue weighted by Gasteiger charge is -2.34. The summed E-state index contributed by atoms with van der Waals surface area (Å²) < 4.78 is 27.6. The summed E-state index contributed by atoms with van der Waals surface area (Å²) in [5.74, 6) is -1.52. The number of hydrogen-bond acceptors (Lipinski definition) is 5. The lowest BCUT2D eigenvalue weighted by Crippen LogP contribution is -2.50. The van der Waals surface area contributed by atoms with E-state index in [1.165, 1.54) is 0 Å². The number of nitrogens with zero attached hydrogens (tertiary/aromatic N) is 1. The van der Waals surface area contributed by atoms with E-state index in [0.717, 1.165) is 6.07 Å². The highest BCUT2D eigenvalue weighted by Crippen LogP contribution is 2.30. The number of piperidine rings is 1. The molecule has 1 atom stereocenters. The van der Waals surface area contributed by atoms with E-state index >= 15 is 0 Å². The van der Waals surface area contributed by atoms with E-state index in [1.54, 1.807) is 18.7 Å². The first-order valence-corrected chi connectivity index (χ1v) is 10.1. The van der Waals surface area contributed by atoms with Crippen LogP contribution < -0.4 is 4.72 Å². The number of nitrogens with one attached hydrogen (secondary N) is 1. The number of rotatable bonds is 5. The fraction of sp³-hybridized carbons (Fsp3) is 0.571. The van der Waals surface area contributed by atoms with Crippen LogP contribution in [0.2, 0.25) is 4.34 Å². The molecule has 1 aromatic heterocycles. The standard InChI is InChI=1S/C14H19ClN2O5S2/c1-8(2)13(18)17-5-3-4-9(7-17)16-24(21,22)10-6-11(15)23-12(10)14(19)20/h6,8-9,16H,3-5,7H2,1-2H3,(H,19,20)/t9-/m1/s1. The number of sulfonamides is 1. The van der Waals surface area contributed by atoms with E-state index in [9.17, 15) is 18.0 Å². The smallest absolute Gasteiger partial charge is 0.347 e. The van der Waals surface area contributed by atoms with Crippen molar-refractivity contribution in [1.29, 1.82) is 0 Å². The Hall–Kier alpha value is -1.16. The maximum Gasteiger partial charge on any atom is 0.347 e. The molecule has 0 saturated carbocycles. The second-order valence-electron chi connectivity index (χ2n) is 5.95. The number of likely N-dealkylation sites (tertiary alicyclic amines) is 1. The van der Waals surface area contributed by atoms with Crippen molar-refractivity contribution in [2.24, 2.45) is 5.92 Å². The van der Waals surface area contributed by atoms with Crippen LogP contribution in [-0.4, -0.2) is 49.4 Å². The fourth-order valence-corrected chi connectivity index (χ4v) is 5.53. The summed E-state index contributed by atoms with van der Waals surface area (Å²) in [6, 6.07) is 0.685. The van der Waals surface area contributed by atoms with Crippen LogP contribution in [0.3, 0.4) is 0 Å². The summed E-state index contributed by atoms with van der Waals surface area (Å²) in [6.07, 6.45) is 1.27. The second-order valence-corrected chi connectivity index (χ2v) is 9.31. The molecule has 1 aliphatic heterocycles. The van der Waals surface area contributed by atoms with Crippen LogP contribution in [0.1, 0.15) is 36.4 Å². The first-order valence-electron chi connectivity index (χ1n) is 7.45. The van der Waals surface area contributed by atoms with E-state index in [4.69, 9.17) is 16.7 Å². The van der Waals surface area contributed by atoms with Crippen LogP contribution in [0.4, 0.5) is 0 Å². The van der Waals surface area contributed by atoms with Crippen molar-refractivity contribution in [2.45, 2.75) is 37.6 Å². The Bertz CT molecular complexity index is 744.